The number of hydrogen-bond donors (Lipinski definition) is 0. The van der Waals surface area contributed by atoms with Gasteiger partial charge in [-0.3, -0.25) is 9.69 Å². The van der Waals surface area contributed by atoms with Crippen molar-refractivity contribution in [1.29, 1.82) is 0 Å². The normalized spacial score (nSPS) is 15.2. The second-order valence-electron chi connectivity index (χ2n) is 4.91. The van der Waals surface area contributed by atoms with Crippen LogP contribution < -0.4 is 0 Å². The van der Waals surface area contributed by atoms with E-state index in [1.54, 1.807) is 27.6 Å². The van der Waals surface area contributed by atoms with E-state index in [1.165, 1.54) is 9.75 Å². The Morgan fingerprint density at radius 3 is 2.24 bits per heavy atom. The minimum atomic E-state index is 0.128. The first-order valence-corrected chi connectivity index (χ1v) is 9.05. The van der Waals surface area contributed by atoms with Gasteiger partial charge in [0.2, 0.25) is 5.91 Å². The summed E-state index contributed by atoms with van der Waals surface area (Å²) in [7, 11) is 0. The molecule has 0 bridgehead atoms. The monoisotopic (exact) mass is 336 g/mol. The van der Waals surface area contributed by atoms with Crippen molar-refractivity contribution in [3.05, 3.63) is 44.8 Å². The average molecular weight is 337 g/mol. The van der Waals surface area contributed by atoms with Crippen LogP contribution in [0.15, 0.2) is 35.0 Å². The minimum Gasteiger partial charge on any atom is -0.339 e. The first kappa shape index (κ1) is 14.7. The minimum absolute atomic E-state index is 0.128. The van der Waals surface area contributed by atoms with Gasteiger partial charge in [0.15, 0.2) is 5.11 Å². The Bertz CT molecular complexity index is 607. The topological polar surface area (TPSA) is 23.6 Å². The fourth-order valence-corrected chi connectivity index (χ4v) is 4.11. The fraction of sp³-hybridized carbons (Fsp3) is 0.333. The molecule has 2 aromatic rings. The Hall–Kier alpha value is -1.24. The third kappa shape index (κ3) is 3.51. The number of hydrogen-bond acceptors (Lipinski definition) is 4. The van der Waals surface area contributed by atoms with Gasteiger partial charge in [0.1, 0.15) is 0 Å². The number of amides is 1. The molecule has 0 atom stereocenters. The zero-order valence-electron chi connectivity index (χ0n) is 11.5. The van der Waals surface area contributed by atoms with Crippen LogP contribution in [0.5, 0.6) is 0 Å². The van der Waals surface area contributed by atoms with Crippen molar-refractivity contribution in [2.24, 2.45) is 0 Å². The number of thiophene rings is 2. The SMILES string of the molecule is O=C1CN(CCc2cccs2)C(=S)N1CCc1cccs1. The van der Waals surface area contributed by atoms with Crippen LogP contribution in [0.1, 0.15) is 9.75 Å². The van der Waals surface area contributed by atoms with Crippen LogP contribution in [-0.2, 0) is 17.6 Å². The first-order valence-electron chi connectivity index (χ1n) is 6.88. The summed E-state index contributed by atoms with van der Waals surface area (Å²) in [6.07, 6.45) is 1.83. The van der Waals surface area contributed by atoms with Gasteiger partial charge >= 0.3 is 0 Å². The fourth-order valence-electron chi connectivity index (χ4n) is 2.37. The van der Waals surface area contributed by atoms with Crippen LogP contribution in [0.3, 0.4) is 0 Å². The summed E-state index contributed by atoms with van der Waals surface area (Å²) in [5.74, 6) is 0.128. The van der Waals surface area contributed by atoms with Gasteiger partial charge in [-0.15, -0.1) is 22.7 Å². The van der Waals surface area contributed by atoms with Crippen LogP contribution >= 0.6 is 34.9 Å². The molecule has 6 heteroatoms. The van der Waals surface area contributed by atoms with Gasteiger partial charge in [-0.25, -0.2) is 0 Å². The molecule has 0 unspecified atom stereocenters. The Balaban J connectivity index is 1.54. The Labute approximate surface area is 137 Å². The lowest BCUT2D eigenvalue weighted by atomic mass is 10.3. The van der Waals surface area contributed by atoms with Gasteiger partial charge in [0, 0.05) is 22.8 Å². The zero-order chi connectivity index (χ0) is 14.7. The number of thiocarbonyl (C=S) groups is 1. The van der Waals surface area contributed by atoms with E-state index in [0.29, 0.717) is 18.2 Å². The lowest BCUT2D eigenvalue weighted by molar-refractivity contribution is -0.125. The molecule has 2 aromatic heterocycles. The quantitative estimate of drug-likeness (QED) is 0.758. The summed E-state index contributed by atoms with van der Waals surface area (Å²) >= 11 is 8.94. The average Bonchev–Trinajstić information content (AvgIpc) is 3.19. The summed E-state index contributed by atoms with van der Waals surface area (Å²) in [6, 6.07) is 8.32. The van der Waals surface area contributed by atoms with Crippen molar-refractivity contribution in [3.8, 4) is 0 Å². The van der Waals surface area contributed by atoms with E-state index in [1.807, 2.05) is 11.0 Å². The predicted octanol–water partition coefficient (Wildman–Crippen LogP) is 3.02. The summed E-state index contributed by atoms with van der Waals surface area (Å²) in [4.78, 5) is 18.5. The molecule has 0 spiro atoms. The van der Waals surface area contributed by atoms with E-state index in [2.05, 4.69) is 29.0 Å². The summed E-state index contributed by atoms with van der Waals surface area (Å²) in [6.45, 7) is 1.93. The highest BCUT2D eigenvalue weighted by molar-refractivity contribution is 7.80. The molecule has 1 amide bonds. The molecule has 0 aliphatic carbocycles. The van der Waals surface area contributed by atoms with Crippen LogP contribution in [0.4, 0.5) is 0 Å². The van der Waals surface area contributed by atoms with E-state index in [9.17, 15) is 4.79 Å². The third-order valence-corrected chi connectivity index (χ3v) is 5.85. The largest absolute Gasteiger partial charge is 0.339 e. The van der Waals surface area contributed by atoms with E-state index in [-0.39, 0.29) is 5.91 Å². The standard InChI is InChI=1S/C15H16N2OS3/c18-14-11-16(7-5-12-3-1-9-20-12)15(19)17(14)8-6-13-4-2-10-21-13/h1-4,9-10H,5-8,11H2. The van der Waals surface area contributed by atoms with Gasteiger partial charge in [-0.2, -0.15) is 0 Å². The van der Waals surface area contributed by atoms with Gasteiger partial charge in [-0.05, 0) is 48.0 Å². The summed E-state index contributed by atoms with van der Waals surface area (Å²) < 4.78 is 0. The van der Waals surface area contributed by atoms with Gasteiger partial charge in [0.05, 0.1) is 6.54 Å². The molecule has 21 heavy (non-hydrogen) atoms. The van der Waals surface area contributed by atoms with E-state index >= 15 is 0 Å². The molecular weight excluding hydrogens is 320 g/mol. The van der Waals surface area contributed by atoms with E-state index < -0.39 is 0 Å². The van der Waals surface area contributed by atoms with Gasteiger partial charge < -0.3 is 4.90 Å². The maximum Gasteiger partial charge on any atom is 0.248 e. The number of nitrogens with zero attached hydrogens (tertiary/aromatic N) is 2. The second-order valence-corrected chi connectivity index (χ2v) is 7.34. The lowest BCUT2D eigenvalue weighted by Crippen LogP contribution is -2.35. The van der Waals surface area contributed by atoms with Crippen molar-refractivity contribution in [1.82, 2.24) is 9.80 Å². The second kappa shape index (κ2) is 6.68. The molecule has 1 aliphatic heterocycles. The van der Waals surface area contributed by atoms with Crippen LogP contribution in [-0.4, -0.2) is 40.5 Å². The third-order valence-electron chi connectivity index (χ3n) is 3.50. The summed E-state index contributed by atoms with van der Waals surface area (Å²) in [5, 5.41) is 4.83. The molecule has 0 saturated carbocycles. The maximum atomic E-state index is 12.1. The maximum absolute atomic E-state index is 12.1. The lowest BCUT2D eigenvalue weighted by Gasteiger charge is -2.19. The molecule has 0 radical (unpaired) electrons. The van der Waals surface area contributed by atoms with Gasteiger partial charge in [0.25, 0.3) is 0 Å². The summed E-state index contributed by atoms with van der Waals surface area (Å²) in [5.41, 5.74) is 0. The smallest absolute Gasteiger partial charge is 0.248 e. The Morgan fingerprint density at radius 1 is 1.05 bits per heavy atom. The van der Waals surface area contributed by atoms with Crippen molar-refractivity contribution >= 4 is 45.9 Å². The molecule has 0 N–H and O–H groups in total. The Morgan fingerprint density at radius 2 is 1.67 bits per heavy atom. The predicted molar refractivity (Wildman–Crippen MR) is 91.9 cm³/mol. The molecule has 0 aromatic carbocycles. The highest BCUT2D eigenvalue weighted by Gasteiger charge is 2.31. The molecule has 1 fully saturated rings. The molecule has 3 heterocycles. The molecule has 1 aliphatic rings. The number of rotatable bonds is 6. The molecule has 3 nitrogen and oxygen atoms in total. The van der Waals surface area contributed by atoms with Crippen LogP contribution in [0.25, 0.3) is 0 Å². The van der Waals surface area contributed by atoms with Crippen LogP contribution in [0.2, 0.25) is 0 Å². The Kier molecular flexibility index (Phi) is 4.67. The molecule has 110 valence electrons. The van der Waals surface area contributed by atoms with Gasteiger partial charge in [-0.1, -0.05) is 12.1 Å². The molecule has 3 rings (SSSR count). The van der Waals surface area contributed by atoms with Crippen molar-refractivity contribution in [3.63, 3.8) is 0 Å². The van der Waals surface area contributed by atoms with Crippen molar-refractivity contribution in [2.45, 2.75) is 12.8 Å². The molecular formula is C15H16N2OS3. The highest BCUT2D eigenvalue weighted by atomic mass is 32.1. The number of carbonyl (C=O) groups is 1. The van der Waals surface area contributed by atoms with E-state index in [0.717, 1.165) is 19.4 Å². The van der Waals surface area contributed by atoms with Crippen LogP contribution in [0, 0.1) is 0 Å². The molecule has 1 saturated heterocycles. The highest BCUT2D eigenvalue weighted by Crippen LogP contribution is 2.16. The first-order chi connectivity index (χ1) is 10.2. The zero-order valence-corrected chi connectivity index (χ0v) is 14.0. The van der Waals surface area contributed by atoms with E-state index in [4.69, 9.17) is 12.2 Å². The number of carbonyl (C=O) groups excluding carboxylic acids is 1. The van der Waals surface area contributed by atoms with Crippen molar-refractivity contribution in [2.75, 3.05) is 19.6 Å². The van der Waals surface area contributed by atoms with Crippen molar-refractivity contribution < 1.29 is 4.79 Å².